The molecular weight excluding hydrogens is 262 g/mol. The fraction of sp³-hybridized carbons (Fsp3) is 0.125. The van der Waals surface area contributed by atoms with Gasteiger partial charge in [0.2, 0.25) is 0 Å². The van der Waals surface area contributed by atoms with E-state index in [2.05, 4.69) is 5.32 Å². The van der Waals surface area contributed by atoms with E-state index >= 15 is 0 Å². The van der Waals surface area contributed by atoms with Crippen LogP contribution in [0.2, 0.25) is 0 Å². The first-order valence-corrected chi connectivity index (χ1v) is 6.74. The predicted molar refractivity (Wildman–Crippen MR) is 85.0 cm³/mol. The van der Waals surface area contributed by atoms with Gasteiger partial charge in [0.25, 0.3) is 0 Å². The van der Waals surface area contributed by atoms with Gasteiger partial charge in [-0.1, -0.05) is 36.4 Å². The Labute approximate surface area is 123 Å². The van der Waals surface area contributed by atoms with Gasteiger partial charge >= 0.3 is 0 Å². The van der Waals surface area contributed by atoms with Crippen molar-refractivity contribution in [3.63, 3.8) is 0 Å². The van der Waals surface area contributed by atoms with Crippen molar-refractivity contribution in [3.05, 3.63) is 64.7 Å². The molecule has 0 aliphatic carbocycles. The molecule has 0 saturated heterocycles. The number of hydrogen-bond donors (Lipinski definition) is 5. The van der Waals surface area contributed by atoms with Crippen LogP contribution >= 0.6 is 0 Å². The zero-order valence-corrected chi connectivity index (χ0v) is 11.5. The van der Waals surface area contributed by atoms with Crippen molar-refractivity contribution in [2.75, 3.05) is 5.32 Å². The summed E-state index contributed by atoms with van der Waals surface area (Å²) in [6.07, 6.45) is 0.732. The highest BCUT2D eigenvalue weighted by atomic mass is 15.0. The largest absolute Gasteiger partial charge is 0.384 e. The first kappa shape index (κ1) is 13.2. The molecule has 106 valence electrons. The molecule has 0 bridgehead atoms. The third-order valence-corrected chi connectivity index (χ3v) is 3.83. The maximum absolute atomic E-state index is 7.71. The summed E-state index contributed by atoms with van der Waals surface area (Å²) in [6, 6.07) is 13.4. The SMILES string of the molecule is N=C(N)c1ccccc1C1Cc2c(cccc2C(=N)N)N1. The molecule has 2 aromatic carbocycles. The van der Waals surface area contributed by atoms with E-state index in [1.807, 2.05) is 42.5 Å². The van der Waals surface area contributed by atoms with Gasteiger partial charge in [-0.05, 0) is 23.6 Å². The minimum atomic E-state index is 0.0422. The van der Waals surface area contributed by atoms with Gasteiger partial charge < -0.3 is 16.8 Å². The Morgan fingerprint density at radius 1 is 0.952 bits per heavy atom. The molecule has 0 fully saturated rings. The summed E-state index contributed by atoms with van der Waals surface area (Å²) in [5.41, 5.74) is 15.9. The zero-order chi connectivity index (χ0) is 15.0. The summed E-state index contributed by atoms with van der Waals surface area (Å²) >= 11 is 0. The lowest BCUT2D eigenvalue weighted by molar-refractivity contribution is 0.820. The van der Waals surface area contributed by atoms with Gasteiger partial charge in [0.15, 0.2) is 0 Å². The molecule has 0 spiro atoms. The summed E-state index contributed by atoms with van der Waals surface area (Å²) < 4.78 is 0. The number of fused-ring (bicyclic) bond motifs is 1. The molecule has 1 aliphatic rings. The molecule has 0 radical (unpaired) electrons. The fourth-order valence-corrected chi connectivity index (χ4v) is 2.87. The number of rotatable bonds is 3. The van der Waals surface area contributed by atoms with Gasteiger partial charge in [0.05, 0.1) is 6.04 Å². The average molecular weight is 279 g/mol. The van der Waals surface area contributed by atoms with Crippen molar-refractivity contribution >= 4 is 17.4 Å². The molecule has 1 heterocycles. The van der Waals surface area contributed by atoms with Gasteiger partial charge in [-0.15, -0.1) is 0 Å². The van der Waals surface area contributed by atoms with Crippen molar-refractivity contribution in [3.8, 4) is 0 Å². The van der Waals surface area contributed by atoms with Crippen LogP contribution in [0.3, 0.4) is 0 Å². The van der Waals surface area contributed by atoms with Gasteiger partial charge in [-0.2, -0.15) is 0 Å². The quantitative estimate of drug-likeness (QED) is 0.437. The molecule has 3 rings (SSSR count). The van der Waals surface area contributed by atoms with E-state index in [1.54, 1.807) is 0 Å². The molecule has 1 unspecified atom stereocenters. The van der Waals surface area contributed by atoms with Crippen LogP contribution in [0.1, 0.15) is 28.3 Å². The van der Waals surface area contributed by atoms with Crippen molar-refractivity contribution in [2.45, 2.75) is 12.5 Å². The fourth-order valence-electron chi connectivity index (χ4n) is 2.87. The Morgan fingerprint density at radius 2 is 1.62 bits per heavy atom. The molecule has 0 amide bonds. The lowest BCUT2D eigenvalue weighted by atomic mass is 9.95. The van der Waals surface area contributed by atoms with Crippen LogP contribution in [0.15, 0.2) is 42.5 Å². The van der Waals surface area contributed by atoms with Crippen LogP contribution in [0.25, 0.3) is 0 Å². The van der Waals surface area contributed by atoms with E-state index in [0.29, 0.717) is 0 Å². The van der Waals surface area contributed by atoms with E-state index in [9.17, 15) is 0 Å². The van der Waals surface area contributed by atoms with Crippen LogP contribution in [-0.4, -0.2) is 11.7 Å². The highest BCUT2D eigenvalue weighted by molar-refractivity contribution is 5.99. The van der Waals surface area contributed by atoms with E-state index in [4.69, 9.17) is 22.3 Å². The molecular formula is C16H17N5. The normalized spacial score (nSPS) is 16.1. The van der Waals surface area contributed by atoms with Crippen LogP contribution in [0.4, 0.5) is 5.69 Å². The Bertz CT molecular complexity index is 735. The number of amidine groups is 2. The molecule has 0 aromatic heterocycles. The monoisotopic (exact) mass is 279 g/mol. The molecule has 1 aliphatic heterocycles. The number of nitrogens with two attached hydrogens (primary N) is 2. The Hall–Kier alpha value is -2.82. The maximum atomic E-state index is 7.71. The van der Waals surface area contributed by atoms with Crippen LogP contribution in [-0.2, 0) is 6.42 Å². The Morgan fingerprint density at radius 3 is 2.33 bits per heavy atom. The van der Waals surface area contributed by atoms with Crippen LogP contribution < -0.4 is 16.8 Å². The molecule has 0 saturated carbocycles. The smallest absolute Gasteiger partial charge is 0.123 e. The summed E-state index contributed by atoms with van der Waals surface area (Å²) in [4.78, 5) is 0. The van der Waals surface area contributed by atoms with Crippen LogP contribution in [0, 0.1) is 10.8 Å². The first-order valence-electron chi connectivity index (χ1n) is 6.74. The van der Waals surface area contributed by atoms with E-state index in [0.717, 1.165) is 34.4 Å². The second-order valence-corrected chi connectivity index (χ2v) is 5.15. The first-order chi connectivity index (χ1) is 10.1. The number of benzene rings is 2. The second kappa shape index (κ2) is 4.94. The van der Waals surface area contributed by atoms with Gasteiger partial charge in [-0.3, -0.25) is 10.8 Å². The molecule has 2 aromatic rings. The molecule has 21 heavy (non-hydrogen) atoms. The van der Waals surface area contributed by atoms with E-state index < -0.39 is 0 Å². The van der Waals surface area contributed by atoms with E-state index in [-0.39, 0.29) is 17.7 Å². The number of nitrogens with one attached hydrogen (secondary N) is 3. The van der Waals surface area contributed by atoms with Crippen LogP contribution in [0.5, 0.6) is 0 Å². The number of nitrogen functional groups attached to an aromatic ring is 2. The third kappa shape index (κ3) is 2.23. The summed E-state index contributed by atoms with van der Waals surface area (Å²) in [5.74, 6) is 0.143. The lowest BCUT2D eigenvalue weighted by Gasteiger charge is -2.15. The number of anilines is 1. The van der Waals surface area contributed by atoms with Crippen molar-refractivity contribution in [1.82, 2.24) is 0 Å². The highest BCUT2D eigenvalue weighted by Crippen LogP contribution is 2.37. The van der Waals surface area contributed by atoms with Gasteiger partial charge in [-0.25, -0.2) is 0 Å². The molecule has 5 nitrogen and oxygen atoms in total. The molecule has 7 N–H and O–H groups in total. The molecule has 1 atom stereocenters. The van der Waals surface area contributed by atoms with Crippen molar-refractivity contribution < 1.29 is 0 Å². The Kier molecular flexibility index (Phi) is 3.10. The highest BCUT2D eigenvalue weighted by Gasteiger charge is 2.26. The predicted octanol–water partition coefficient (Wildman–Crippen LogP) is 1.96. The molecule has 5 heteroatoms. The zero-order valence-electron chi connectivity index (χ0n) is 11.5. The van der Waals surface area contributed by atoms with Crippen molar-refractivity contribution in [2.24, 2.45) is 11.5 Å². The topological polar surface area (TPSA) is 112 Å². The van der Waals surface area contributed by atoms with E-state index in [1.165, 1.54) is 0 Å². The minimum absolute atomic E-state index is 0.0422. The maximum Gasteiger partial charge on any atom is 0.123 e. The number of hydrogen-bond acceptors (Lipinski definition) is 3. The van der Waals surface area contributed by atoms with Gasteiger partial charge in [0, 0.05) is 16.8 Å². The Balaban J connectivity index is 2.01. The summed E-state index contributed by atoms with van der Waals surface area (Å²) in [6.45, 7) is 0. The van der Waals surface area contributed by atoms with Gasteiger partial charge in [0.1, 0.15) is 11.7 Å². The minimum Gasteiger partial charge on any atom is -0.384 e. The lowest BCUT2D eigenvalue weighted by Crippen LogP contribution is -2.18. The standard InChI is InChI=1S/C16H17N5/c17-15(18)10-5-2-1-4-9(10)14-8-12-11(16(19)20)6-3-7-13(12)21-14/h1-7,14,21H,8H2,(H3,17,18)(H3,19,20). The third-order valence-electron chi connectivity index (χ3n) is 3.83. The average Bonchev–Trinajstić information content (AvgIpc) is 2.90. The van der Waals surface area contributed by atoms with Crippen molar-refractivity contribution in [1.29, 1.82) is 10.8 Å². The summed E-state index contributed by atoms with van der Waals surface area (Å²) in [7, 11) is 0. The second-order valence-electron chi connectivity index (χ2n) is 5.15. The summed E-state index contributed by atoms with van der Waals surface area (Å²) in [5, 5.41) is 18.8.